The zero-order valence-electron chi connectivity index (χ0n) is 25.1. The van der Waals surface area contributed by atoms with Gasteiger partial charge in [-0.25, -0.2) is 0 Å². The molecule has 1 amide bonds. The molecule has 0 radical (unpaired) electrons. The van der Waals surface area contributed by atoms with Crippen LogP contribution in [0.25, 0.3) is 21.5 Å². The Labute approximate surface area is 243 Å². The minimum absolute atomic E-state index is 0.0544. The van der Waals surface area contributed by atoms with Crippen molar-refractivity contribution in [2.24, 2.45) is 0 Å². The van der Waals surface area contributed by atoms with E-state index in [1.807, 2.05) is 0 Å². The first-order chi connectivity index (χ1) is 19.7. The zero-order chi connectivity index (χ0) is 28.9. The van der Waals surface area contributed by atoms with Crippen LogP contribution in [0.2, 0.25) is 0 Å². The summed E-state index contributed by atoms with van der Waals surface area (Å²) in [5.41, 5.74) is 7.39. The molecular formula is C37H40N3O+. The highest BCUT2D eigenvalue weighted by molar-refractivity contribution is 6.07. The first kappa shape index (κ1) is 27.0. The van der Waals surface area contributed by atoms with E-state index >= 15 is 0 Å². The Kier molecular flexibility index (Phi) is 6.60. The number of amides is 1. The molecule has 208 valence electrons. The minimum atomic E-state index is -0.220. The number of benzene rings is 4. The van der Waals surface area contributed by atoms with Crippen LogP contribution in [-0.2, 0) is 15.6 Å². The molecule has 0 bridgehead atoms. The quantitative estimate of drug-likeness (QED) is 0.253. The van der Waals surface area contributed by atoms with Crippen molar-refractivity contribution in [1.29, 1.82) is 0 Å². The lowest BCUT2D eigenvalue weighted by molar-refractivity contribution is -0.436. The van der Waals surface area contributed by atoms with E-state index in [0.29, 0.717) is 13.0 Å². The van der Waals surface area contributed by atoms with Crippen molar-refractivity contribution in [3.05, 3.63) is 108 Å². The van der Waals surface area contributed by atoms with Crippen LogP contribution in [-0.4, -0.2) is 36.3 Å². The molecule has 0 saturated heterocycles. The fraction of sp³-hybridized carbons (Fsp3) is 0.297. The second-order valence-electron chi connectivity index (χ2n) is 12.2. The van der Waals surface area contributed by atoms with Gasteiger partial charge in [-0.2, -0.15) is 4.58 Å². The summed E-state index contributed by atoms with van der Waals surface area (Å²) in [5, 5.41) is 7.93. The number of allylic oxidation sites excluding steroid dienone is 4. The van der Waals surface area contributed by atoms with Crippen molar-refractivity contribution >= 4 is 44.5 Å². The number of hydrogen-bond donors (Lipinski definition) is 1. The second-order valence-corrected chi connectivity index (χ2v) is 12.2. The molecule has 4 aromatic carbocycles. The summed E-state index contributed by atoms with van der Waals surface area (Å²) >= 11 is 0. The highest BCUT2D eigenvalue weighted by atomic mass is 16.1. The third-order valence-electron chi connectivity index (χ3n) is 9.17. The predicted octanol–water partition coefficient (Wildman–Crippen LogP) is 7.76. The lowest BCUT2D eigenvalue weighted by Crippen LogP contribution is -2.29. The van der Waals surface area contributed by atoms with Gasteiger partial charge in [0.05, 0.1) is 11.8 Å². The molecule has 0 spiro atoms. The maximum Gasteiger partial charge on any atom is 0.226 e. The molecule has 6 rings (SSSR count). The lowest BCUT2D eigenvalue weighted by atomic mass is 9.79. The van der Waals surface area contributed by atoms with Gasteiger partial charge in [-0.1, -0.05) is 74.5 Å². The summed E-state index contributed by atoms with van der Waals surface area (Å²) in [6.07, 6.45) is 7.25. The van der Waals surface area contributed by atoms with Gasteiger partial charge in [0.15, 0.2) is 12.3 Å². The number of carbonyl (C=O) groups excluding carboxylic acids is 1. The van der Waals surface area contributed by atoms with E-state index in [2.05, 4.69) is 140 Å². The predicted molar refractivity (Wildman–Crippen MR) is 173 cm³/mol. The highest BCUT2D eigenvalue weighted by Gasteiger charge is 2.46. The van der Waals surface area contributed by atoms with Crippen molar-refractivity contribution < 1.29 is 9.37 Å². The van der Waals surface area contributed by atoms with Crippen LogP contribution in [0.4, 0.5) is 11.4 Å². The number of nitrogens with one attached hydrogen (secondary N) is 1. The Balaban J connectivity index is 1.46. The molecule has 1 N–H and O–H groups in total. The first-order valence-electron chi connectivity index (χ1n) is 14.8. The SMILES string of the molecule is CCN1/C(=C/C=C/C2=[N+](CCC(=O)NC)c3ccc4ccccc4c3C2(C)C)C(C)(C)c2c1ccc1ccccc21. The monoisotopic (exact) mass is 542 g/mol. The largest absolute Gasteiger partial charge is 0.359 e. The molecule has 0 aromatic heterocycles. The Morgan fingerprint density at radius 2 is 1.49 bits per heavy atom. The number of anilines is 1. The fourth-order valence-corrected chi connectivity index (χ4v) is 7.22. The molecular weight excluding hydrogens is 502 g/mol. The van der Waals surface area contributed by atoms with E-state index < -0.39 is 0 Å². The summed E-state index contributed by atoms with van der Waals surface area (Å²) in [5.74, 6) is 0.0544. The number of rotatable bonds is 6. The second kappa shape index (κ2) is 10.0. The van der Waals surface area contributed by atoms with Gasteiger partial charge < -0.3 is 10.2 Å². The molecule has 0 atom stereocenters. The van der Waals surface area contributed by atoms with Gasteiger partial charge in [0, 0.05) is 48.1 Å². The van der Waals surface area contributed by atoms with Crippen molar-refractivity contribution in [2.45, 2.75) is 51.9 Å². The van der Waals surface area contributed by atoms with E-state index in [9.17, 15) is 4.79 Å². The standard InChI is InChI=1S/C37H39N3O/c1-7-39-29-21-19-25-13-8-10-15-27(25)34(29)36(2,3)31(39)17-12-18-32-37(4,5)35-28-16-11-9-14-26(28)20-22-30(35)40(32)24-23-33(41)38-6/h8-22H,7,23-24H2,1-6H3/p+1. The maximum atomic E-state index is 12.3. The van der Waals surface area contributed by atoms with E-state index in [1.54, 1.807) is 7.05 Å². The fourth-order valence-electron chi connectivity index (χ4n) is 7.22. The van der Waals surface area contributed by atoms with Gasteiger partial charge in [0.2, 0.25) is 11.6 Å². The lowest BCUT2D eigenvalue weighted by Gasteiger charge is -2.26. The molecule has 4 aromatic rings. The van der Waals surface area contributed by atoms with Crippen molar-refractivity contribution in [3.8, 4) is 0 Å². The smallest absolute Gasteiger partial charge is 0.226 e. The number of carbonyl (C=O) groups is 1. The Bertz CT molecular complexity index is 1790. The zero-order valence-corrected chi connectivity index (χ0v) is 25.1. The summed E-state index contributed by atoms with van der Waals surface area (Å²) in [4.78, 5) is 14.8. The van der Waals surface area contributed by atoms with Gasteiger partial charge >= 0.3 is 0 Å². The van der Waals surface area contributed by atoms with Crippen LogP contribution in [0.15, 0.2) is 96.7 Å². The van der Waals surface area contributed by atoms with Gasteiger partial charge in [-0.15, -0.1) is 0 Å². The van der Waals surface area contributed by atoms with E-state index in [4.69, 9.17) is 0 Å². The number of hydrogen-bond acceptors (Lipinski definition) is 2. The normalized spacial score (nSPS) is 18.1. The average Bonchev–Trinajstić information content (AvgIpc) is 3.34. The van der Waals surface area contributed by atoms with Crippen LogP contribution in [0.3, 0.4) is 0 Å². The molecule has 2 aliphatic rings. The van der Waals surface area contributed by atoms with E-state index in [1.165, 1.54) is 55.5 Å². The molecule has 0 fully saturated rings. The van der Waals surface area contributed by atoms with Crippen LogP contribution in [0.5, 0.6) is 0 Å². The summed E-state index contributed by atoms with van der Waals surface area (Å²) < 4.78 is 2.35. The topological polar surface area (TPSA) is 35.4 Å². The molecule has 0 saturated carbocycles. The summed E-state index contributed by atoms with van der Waals surface area (Å²) in [6, 6.07) is 26.3. The first-order valence-corrected chi connectivity index (χ1v) is 14.8. The Hall–Kier alpha value is -4.18. The summed E-state index contributed by atoms with van der Waals surface area (Å²) in [6.45, 7) is 13.1. The number of nitrogens with zero attached hydrogens (tertiary/aromatic N) is 2. The third-order valence-corrected chi connectivity index (χ3v) is 9.17. The highest BCUT2D eigenvalue weighted by Crippen LogP contribution is 2.50. The number of likely N-dealkylation sites (N-methyl/N-ethyl adjacent to an activating group) is 1. The van der Waals surface area contributed by atoms with Gasteiger partial charge in [0.25, 0.3) is 0 Å². The summed E-state index contributed by atoms with van der Waals surface area (Å²) in [7, 11) is 1.71. The van der Waals surface area contributed by atoms with Crippen LogP contribution >= 0.6 is 0 Å². The molecule has 4 heteroatoms. The third kappa shape index (κ3) is 4.20. The van der Waals surface area contributed by atoms with Crippen LogP contribution in [0, 0.1) is 0 Å². The van der Waals surface area contributed by atoms with Crippen LogP contribution < -0.4 is 10.2 Å². The van der Waals surface area contributed by atoms with Gasteiger partial charge in [-0.05, 0) is 66.1 Å². The van der Waals surface area contributed by atoms with Crippen LogP contribution in [0.1, 0.15) is 52.2 Å². The molecule has 4 nitrogen and oxygen atoms in total. The Morgan fingerprint density at radius 3 is 2.15 bits per heavy atom. The molecule has 0 unspecified atom stereocenters. The van der Waals surface area contributed by atoms with E-state index in [-0.39, 0.29) is 16.7 Å². The van der Waals surface area contributed by atoms with Gasteiger partial charge in [0.1, 0.15) is 0 Å². The van der Waals surface area contributed by atoms with E-state index in [0.717, 1.165) is 6.54 Å². The molecule has 41 heavy (non-hydrogen) atoms. The molecule has 2 heterocycles. The Morgan fingerprint density at radius 1 is 0.854 bits per heavy atom. The van der Waals surface area contributed by atoms with Crippen molar-refractivity contribution in [1.82, 2.24) is 5.32 Å². The van der Waals surface area contributed by atoms with Gasteiger partial charge in [-0.3, -0.25) is 4.79 Å². The average molecular weight is 543 g/mol. The van der Waals surface area contributed by atoms with Crippen molar-refractivity contribution in [2.75, 3.05) is 25.0 Å². The molecule has 0 aliphatic carbocycles. The molecule has 2 aliphatic heterocycles. The number of fused-ring (bicyclic) bond motifs is 6. The minimum Gasteiger partial charge on any atom is -0.359 e. The van der Waals surface area contributed by atoms with Crippen molar-refractivity contribution in [3.63, 3.8) is 0 Å². The maximum absolute atomic E-state index is 12.3.